The Morgan fingerprint density at radius 3 is 1.97 bits per heavy atom. The minimum atomic E-state index is -3.76. The highest BCUT2D eigenvalue weighted by atomic mass is 35.5. The zero-order valence-electron chi connectivity index (χ0n) is 20.8. The Bertz CT molecular complexity index is 1410. The van der Waals surface area contributed by atoms with Crippen LogP contribution in [0.25, 0.3) is 0 Å². The van der Waals surface area contributed by atoms with E-state index in [4.69, 9.17) is 11.6 Å². The third-order valence-corrected chi connectivity index (χ3v) is 10.3. The lowest BCUT2D eigenvalue weighted by Crippen LogP contribution is -2.48. The Kier molecular flexibility index (Phi) is 6.08. The van der Waals surface area contributed by atoms with E-state index in [9.17, 15) is 13.2 Å². The van der Waals surface area contributed by atoms with E-state index in [2.05, 4.69) is 22.2 Å². The van der Waals surface area contributed by atoms with Gasteiger partial charge in [0.05, 0.1) is 21.2 Å². The van der Waals surface area contributed by atoms with Gasteiger partial charge in [-0.3, -0.25) is 9.52 Å². The van der Waals surface area contributed by atoms with Crippen LogP contribution in [0.4, 0.5) is 11.4 Å². The van der Waals surface area contributed by atoms with Crippen molar-refractivity contribution in [3.8, 4) is 0 Å². The quantitative estimate of drug-likeness (QED) is 0.352. The zero-order chi connectivity index (χ0) is 25.8. The monoisotopic (exact) mass is 534 g/mol. The van der Waals surface area contributed by atoms with Crippen LogP contribution in [0.5, 0.6) is 0 Å². The van der Waals surface area contributed by atoms with Gasteiger partial charge in [-0.1, -0.05) is 41.4 Å². The van der Waals surface area contributed by atoms with Crippen molar-refractivity contribution < 1.29 is 13.2 Å². The van der Waals surface area contributed by atoms with Gasteiger partial charge >= 0.3 is 0 Å². The number of hydrogen-bond acceptors (Lipinski definition) is 3. The van der Waals surface area contributed by atoms with Gasteiger partial charge in [0.1, 0.15) is 0 Å². The Morgan fingerprint density at radius 2 is 1.41 bits per heavy atom. The van der Waals surface area contributed by atoms with Crippen molar-refractivity contribution in [1.29, 1.82) is 0 Å². The highest BCUT2D eigenvalue weighted by molar-refractivity contribution is 7.92. The number of anilines is 2. The molecule has 192 valence electrons. The maximum absolute atomic E-state index is 13.0. The van der Waals surface area contributed by atoms with Crippen LogP contribution < -0.4 is 10.0 Å². The molecule has 0 spiro atoms. The molecule has 4 aliphatic carbocycles. The summed E-state index contributed by atoms with van der Waals surface area (Å²) in [5.74, 6) is 2.33. The average Bonchev–Trinajstić information content (AvgIpc) is 2.83. The number of benzene rings is 3. The fourth-order valence-corrected chi connectivity index (χ4v) is 8.58. The summed E-state index contributed by atoms with van der Waals surface area (Å²) in [6, 6.07) is 19.5. The van der Waals surface area contributed by atoms with E-state index < -0.39 is 10.0 Å². The molecule has 37 heavy (non-hydrogen) atoms. The molecular weight excluding hydrogens is 504 g/mol. The van der Waals surface area contributed by atoms with Crippen molar-refractivity contribution in [1.82, 2.24) is 0 Å². The number of hydrogen-bond donors (Lipinski definition) is 2. The summed E-state index contributed by atoms with van der Waals surface area (Å²) in [7, 11) is -3.76. The van der Waals surface area contributed by atoms with E-state index in [-0.39, 0.29) is 21.4 Å². The number of carbonyl (C=O) groups excluding carboxylic acids is 1. The molecule has 0 saturated heterocycles. The first kappa shape index (κ1) is 24.5. The maximum Gasteiger partial charge on any atom is 0.261 e. The molecule has 4 fully saturated rings. The van der Waals surface area contributed by atoms with E-state index >= 15 is 0 Å². The minimum Gasteiger partial charge on any atom is -0.322 e. The number of nitrogens with one attached hydrogen (secondary N) is 2. The van der Waals surface area contributed by atoms with Crippen LogP contribution in [0.2, 0.25) is 5.02 Å². The van der Waals surface area contributed by atoms with Crippen LogP contribution in [0, 0.1) is 24.7 Å². The fraction of sp³-hybridized carbons (Fsp3) is 0.367. The molecule has 4 bridgehead atoms. The predicted molar refractivity (Wildman–Crippen MR) is 148 cm³/mol. The molecule has 3 aromatic carbocycles. The van der Waals surface area contributed by atoms with Crippen molar-refractivity contribution in [2.75, 3.05) is 10.0 Å². The predicted octanol–water partition coefficient (Wildman–Crippen LogP) is 7.17. The van der Waals surface area contributed by atoms with Crippen LogP contribution in [0.3, 0.4) is 0 Å². The zero-order valence-corrected chi connectivity index (χ0v) is 22.4. The van der Waals surface area contributed by atoms with E-state index in [0.717, 1.165) is 29.0 Å². The summed E-state index contributed by atoms with van der Waals surface area (Å²) in [6.07, 6.45) is 8.17. The van der Waals surface area contributed by atoms with Crippen LogP contribution in [0.1, 0.15) is 60.0 Å². The van der Waals surface area contributed by atoms with Crippen LogP contribution in [-0.4, -0.2) is 14.3 Å². The minimum absolute atomic E-state index is 0.160. The van der Waals surface area contributed by atoms with Gasteiger partial charge in [-0.2, -0.15) is 0 Å². The number of halogens is 1. The third-order valence-electron chi connectivity index (χ3n) is 8.59. The lowest BCUT2D eigenvalue weighted by Gasteiger charge is -2.57. The van der Waals surface area contributed by atoms with Crippen LogP contribution >= 0.6 is 11.6 Å². The fourth-order valence-electron chi connectivity index (χ4n) is 7.26. The molecule has 3 aromatic rings. The molecule has 1 amide bonds. The second-order valence-electron chi connectivity index (χ2n) is 11.3. The average molecular weight is 535 g/mol. The molecule has 0 aromatic heterocycles. The standard InChI is InChI=1S/C30H31ClN2O3S/c1-19-2-9-26(10-3-19)37(35,36)33-25-8-11-27(28(31)15-25)29(34)32-24-6-4-23(5-7-24)30-16-20-12-21(17-30)14-22(13-20)18-30/h2-11,15,20-22,33H,12-14,16-18H2,1H3,(H,32,34). The highest BCUT2D eigenvalue weighted by Crippen LogP contribution is 2.60. The molecule has 7 heteroatoms. The summed E-state index contributed by atoms with van der Waals surface area (Å²) in [5.41, 5.74) is 4.00. The van der Waals surface area contributed by atoms with Crippen LogP contribution in [0.15, 0.2) is 71.6 Å². The molecule has 5 nitrogen and oxygen atoms in total. The number of rotatable bonds is 6. The highest BCUT2D eigenvalue weighted by Gasteiger charge is 2.51. The van der Waals surface area contributed by atoms with Crippen molar-refractivity contribution >= 4 is 38.9 Å². The Morgan fingerprint density at radius 1 is 0.838 bits per heavy atom. The smallest absolute Gasteiger partial charge is 0.261 e. The Hall–Kier alpha value is -2.83. The van der Waals surface area contributed by atoms with Crippen molar-refractivity contribution in [3.63, 3.8) is 0 Å². The number of aryl methyl sites for hydroxylation is 1. The van der Waals surface area contributed by atoms with Gasteiger partial charge < -0.3 is 5.32 Å². The van der Waals surface area contributed by atoms with E-state index in [1.54, 1.807) is 30.3 Å². The first-order valence-corrected chi connectivity index (χ1v) is 14.9. The van der Waals surface area contributed by atoms with E-state index in [0.29, 0.717) is 11.1 Å². The van der Waals surface area contributed by atoms with Gasteiger partial charge in [0.2, 0.25) is 0 Å². The third kappa shape index (κ3) is 4.77. The van der Waals surface area contributed by atoms with E-state index in [1.165, 1.54) is 56.2 Å². The summed E-state index contributed by atoms with van der Waals surface area (Å²) in [6.45, 7) is 1.89. The van der Waals surface area contributed by atoms with Gasteiger partial charge in [0.15, 0.2) is 0 Å². The molecule has 4 saturated carbocycles. The molecule has 0 unspecified atom stereocenters. The maximum atomic E-state index is 13.0. The van der Waals surface area contributed by atoms with Crippen LogP contribution in [-0.2, 0) is 15.4 Å². The Labute approximate surface area is 223 Å². The summed E-state index contributed by atoms with van der Waals surface area (Å²) in [4.78, 5) is 13.1. The second-order valence-corrected chi connectivity index (χ2v) is 13.4. The number of sulfonamides is 1. The SMILES string of the molecule is Cc1ccc(S(=O)(=O)Nc2ccc(C(=O)Nc3ccc(C45CC6CC(CC(C6)C4)C5)cc3)c(Cl)c2)cc1. The van der Waals surface area contributed by atoms with Gasteiger partial charge in [0.25, 0.3) is 15.9 Å². The first-order valence-electron chi connectivity index (χ1n) is 13.0. The van der Waals surface area contributed by atoms with Gasteiger partial charge in [-0.25, -0.2) is 8.42 Å². The van der Waals surface area contributed by atoms with Crippen molar-refractivity contribution in [2.45, 2.75) is 55.8 Å². The van der Waals surface area contributed by atoms with Crippen molar-refractivity contribution in [2.24, 2.45) is 17.8 Å². The molecule has 0 aliphatic heterocycles. The second kappa shape index (κ2) is 9.17. The molecule has 0 heterocycles. The molecule has 4 aliphatic rings. The number of carbonyl (C=O) groups is 1. The Balaban J connectivity index is 1.14. The number of amides is 1. The first-order chi connectivity index (χ1) is 17.7. The van der Waals surface area contributed by atoms with Gasteiger partial charge in [-0.05, 0) is 117 Å². The topological polar surface area (TPSA) is 75.3 Å². The van der Waals surface area contributed by atoms with Gasteiger partial charge in [-0.15, -0.1) is 0 Å². The normalized spacial score (nSPS) is 26.2. The molecule has 2 N–H and O–H groups in total. The van der Waals surface area contributed by atoms with Gasteiger partial charge in [0, 0.05) is 5.69 Å². The summed E-state index contributed by atoms with van der Waals surface area (Å²) >= 11 is 6.39. The largest absolute Gasteiger partial charge is 0.322 e. The summed E-state index contributed by atoms with van der Waals surface area (Å²) in [5, 5.41) is 3.11. The molecule has 7 rings (SSSR count). The lowest BCUT2D eigenvalue weighted by atomic mass is 9.48. The van der Waals surface area contributed by atoms with Crippen molar-refractivity contribution in [3.05, 3.63) is 88.4 Å². The van der Waals surface area contributed by atoms with E-state index in [1.807, 2.05) is 19.1 Å². The molecular formula is C30H31ClN2O3S. The molecule has 0 radical (unpaired) electrons. The lowest BCUT2D eigenvalue weighted by molar-refractivity contribution is -0.00518. The molecule has 0 atom stereocenters. The summed E-state index contributed by atoms with van der Waals surface area (Å²) < 4.78 is 27.9.